The zero-order valence-corrected chi connectivity index (χ0v) is 19.1. The van der Waals surface area contributed by atoms with Gasteiger partial charge in [0.2, 0.25) is 0 Å². The second kappa shape index (κ2) is 8.14. The van der Waals surface area contributed by atoms with Crippen molar-refractivity contribution in [2.75, 3.05) is 5.73 Å². The first-order valence-electron chi connectivity index (χ1n) is 10.3. The number of carbonyl (C=O) groups is 1. The zero-order valence-electron chi connectivity index (χ0n) is 18.2. The van der Waals surface area contributed by atoms with Gasteiger partial charge in [0.15, 0.2) is 5.65 Å². The second-order valence-electron chi connectivity index (χ2n) is 7.78. The summed E-state index contributed by atoms with van der Waals surface area (Å²) in [5.41, 5.74) is 10.7. The van der Waals surface area contributed by atoms with Gasteiger partial charge in [-0.2, -0.15) is 10.2 Å². The normalized spacial score (nSPS) is 11.3. The number of aromatic nitrogens is 5. The predicted octanol–water partition coefficient (Wildman–Crippen LogP) is 3.65. The van der Waals surface area contributed by atoms with Gasteiger partial charge >= 0.3 is 0 Å². The Morgan fingerprint density at radius 3 is 2.85 bits per heavy atom. The number of aryl methyl sites for hydroxylation is 2. The standard InChI is InChI=1S/C23H22N8OS/c1-13-20(23(32)31(25-2)12-14-6-4-8-17-16(14)11-26-29-17)30(3)22-21(13)33-19(28-22)10-15-7-5-9-18(24)27-15/h4-9,11H,2,10,12H2,1,3H3,(H2,24,27)(H,26,29). The fourth-order valence-electron chi connectivity index (χ4n) is 4.06. The molecule has 5 rings (SSSR count). The minimum Gasteiger partial charge on any atom is -0.384 e. The highest BCUT2D eigenvalue weighted by Gasteiger charge is 2.26. The lowest BCUT2D eigenvalue weighted by Crippen LogP contribution is -2.27. The molecule has 166 valence electrons. The molecule has 0 bridgehead atoms. The number of hydrogen-bond donors (Lipinski definition) is 2. The molecule has 4 aromatic heterocycles. The minimum absolute atomic E-state index is 0.227. The highest BCUT2D eigenvalue weighted by molar-refractivity contribution is 7.18. The zero-order chi connectivity index (χ0) is 23.1. The molecule has 10 heteroatoms. The molecular formula is C23H22N8OS. The average Bonchev–Trinajstić information content (AvgIpc) is 3.49. The predicted molar refractivity (Wildman–Crippen MR) is 130 cm³/mol. The quantitative estimate of drug-likeness (QED) is 0.297. The van der Waals surface area contributed by atoms with E-state index in [1.165, 1.54) is 5.01 Å². The monoisotopic (exact) mass is 458 g/mol. The van der Waals surface area contributed by atoms with Crippen LogP contribution in [0.3, 0.4) is 0 Å². The van der Waals surface area contributed by atoms with Crippen LogP contribution in [0, 0.1) is 6.92 Å². The molecule has 9 nitrogen and oxygen atoms in total. The number of benzene rings is 1. The van der Waals surface area contributed by atoms with Crippen LogP contribution in [0.1, 0.15) is 32.3 Å². The van der Waals surface area contributed by atoms with Crippen LogP contribution in [0.2, 0.25) is 0 Å². The van der Waals surface area contributed by atoms with E-state index in [9.17, 15) is 4.79 Å². The molecule has 1 amide bonds. The Morgan fingerprint density at radius 2 is 2.09 bits per heavy atom. The molecule has 1 aromatic carbocycles. The summed E-state index contributed by atoms with van der Waals surface area (Å²) >= 11 is 1.56. The number of nitrogen functional groups attached to an aromatic ring is 1. The van der Waals surface area contributed by atoms with E-state index >= 15 is 0 Å². The van der Waals surface area contributed by atoms with Gasteiger partial charge in [-0.1, -0.05) is 18.2 Å². The second-order valence-corrected chi connectivity index (χ2v) is 8.86. The molecule has 4 heterocycles. The van der Waals surface area contributed by atoms with Gasteiger partial charge < -0.3 is 10.3 Å². The number of nitrogens with two attached hydrogens (primary N) is 1. The van der Waals surface area contributed by atoms with E-state index in [0.29, 0.717) is 17.9 Å². The van der Waals surface area contributed by atoms with E-state index in [0.717, 1.165) is 43.1 Å². The number of amides is 1. The number of hydrogen-bond acceptors (Lipinski definition) is 7. The van der Waals surface area contributed by atoms with E-state index < -0.39 is 0 Å². The highest BCUT2D eigenvalue weighted by Crippen LogP contribution is 2.32. The maximum atomic E-state index is 13.5. The van der Waals surface area contributed by atoms with Gasteiger partial charge in [0.05, 0.1) is 23.0 Å². The number of nitrogens with one attached hydrogen (secondary N) is 1. The highest BCUT2D eigenvalue weighted by atomic mass is 32.1. The Bertz CT molecular complexity index is 1470. The molecule has 0 spiro atoms. The number of anilines is 1. The van der Waals surface area contributed by atoms with Crippen LogP contribution in [0.25, 0.3) is 21.3 Å². The molecule has 0 atom stereocenters. The van der Waals surface area contributed by atoms with Crippen molar-refractivity contribution >= 4 is 51.0 Å². The lowest BCUT2D eigenvalue weighted by atomic mass is 10.1. The van der Waals surface area contributed by atoms with E-state index in [1.54, 1.807) is 23.6 Å². The summed E-state index contributed by atoms with van der Waals surface area (Å²) < 4.78 is 2.80. The number of hydrazone groups is 1. The van der Waals surface area contributed by atoms with E-state index in [-0.39, 0.29) is 12.5 Å². The van der Waals surface area contributed by atoms with Gasteiger partial charge in [-0.25, -0.2) is 15.0 Å². The first-order chi connectivity index (χ1) is 16.0. The number of H-pyrrole nitrogens is 1. The number of rotatable bonds is 6. The van der Waals surface area contributed by atoms with Crippen molar-refractivity contribution in [3.05, 3.63) is 70.1 Å². The SMILES string of the molecule is C=NN(Cc1cccc2[nH]ncc12)C(=O)c1c(C)c2sc(Cc3cccc(N)n3)nc2n1C. The van der Waals surface area contributed by atoms with Crippen molar-refractivity contribution in [1.82, 2.24) is 29.7 Å². The number of nitrogens with zero attached hydrogens (tertiary/aromatic N) is 6. The number of thiazole rings is 1. The summed E-state index contributed by atoms with van der Waals surface area (Å²) in [7, 11) is 1.85. The molecular weight excluding hydrogens is 436 g/mol. The molecule has 0 fully saturated rings. The third kappa shape index (κ3) is 3.64. The summed E-state index contributed by atoms with van der Waals surface area (Å²) in [6.45, 7) is 5.86. The molecule has 0 aliphatic carbocycles. The van der Waals surface area contributed by atoms with Gasteiger partial charge in [-0.05, 0) is 36.2 Å². The van der Waals surface area contributed by atoms with Gasteiger partial charge in [-0.15, -0.1) is 11.3 Å². The molecule has 0 saturated carbocycles. The molecule has 5 aromatic rings. The fourth-order valence-corrected chi connectivity index (χ4v) is 5.17. The Kier molecular flexibility index (Phi) is 5.14. The average molecular weight is 459 g/mol. The Labute approximate surface area is 193 Å². The van der Waals surface area contributed by atoms with Crippen LogP contribution in [0.15, 0.2) is 47.7 Å². The Hall–Kier alpha value is -4.05. The van der Waals surface area contributed by atoms with Gasteiger partial charge in [0, 0.05) is 31.3 Å². The van der Waals surface area contributed by atoms with Crippen LogP contribution in [0.4, 0.5) is 5.82 Å². The van der Waals surface area contributed by atoms with Gasteiger partial charge in [0.25, 0.3) is 5.91 Å². The molecule has 0 aliphatic rings. The smallest absolute Gasteiger partial charge is 0.291 e. The summed E-state index contributed by atoms with van der Waals surface area (Å²) in [6.07, 6.45) is 2.34. The van der Waals surface area contributed by atoms with Crippen LogP contribution >= 0.6 is 11.3 Å². The number of carbonyl (C=O) groups excluding carboxylic acids is 1. The number of fused-ring (bicyclic) bond motifs is 2. The van der Waals surface area contributed by atoms with E-state index in [4.69, 9.17) is 10.7 Å². The molecule has 0 radical (unpaired) electrons. The van der Waals surface area contributed by atoms with Crippen molar-refractivity contribution in [2.45, 2.75) is 19.9 Å². The summed E-state index contributed by atoms with van der Waals surface area (Å²) in [5.74, 6) is 0.260. The maximum absolute atomic E-state index is 13.5. The van der Waals surface area contributed by atoms with Crippen LogP contribution in [-0.4, -0.2) is 42.4 Å². The van der Waals surface area contributed by atoms with Crippen molar-refractivity contribution in [2.24, 2.45) is 12.1 Å². The van der Waals surface area contributed by atoms with Crippen molar-refractivity contribution in [1.29, 1.82) is 0 Å². The third-order valence-electron chi connectivity index (χ3n) is 5.67. The summed E-state index contributed by atoms with van der Waals surface area (Å²) in [6, 6.07) is 11.4. The van der Waals surface area contributed by atoms with Crippen LogP contribution < -0.4 is 5.73 Å². The minimum atomic E-state index is -0.227. The lowest BCUT2D eigenvalue weighted by Gasteiger charge is -2.18. The van der Waals surface area contributed by atoms with E-state index in [2.05, 4.69) is 27.0 Å². The first-order valence-corrected chi connectivity index (χ1v) is 11.1. The first kappa shape index (κ1) is 20.8. The molecule has 3 N–H and O–H groups in total. The fraction of sp³-hybridized carbons (Fsp3) is 0.174. The Morgan fingerprint density at radius 1 is 1.27 bits per heavy atom. The third-order valence-corrected chi connectivity index (χ3v) is 6.83. The van der Waals surface area contributed by atoms with Gasteiger partial charge in [-0.3, -0.25) is 9.89 Å². The number of pyridine rings is 1. The van der Waals surface area contributed by atoms with Crippen LogP contribution in [0.5, 0.6) is 0 Å². The van der Waals surface area contributed by atoms with Gasteiger partial charge in [0.1, 0.15) is 16.5 Å². The molecule has 0 aliphatic heterocycles. The number of aromatic amines is 1. The molecule has 0 saturated heterocycles. The largest absolute Gasteiger partial charge is 0.384 e. The maximum Gasteiger partial charge on any atom is 0.291 e. The molecule has 33 heavy (non-hydrogen) atoms. The summed E-state index contributed by atoms with van der Waals surface area (Å²) in [4.78, 5) is 22.6. The van der Waals surface area contributed by atoms with E-state index in [1.807, 2.05) is 48.9 Å². The lowest BCUT2D eigenvalue weighted by molar-refractivity contribution is 0.0741. The van der Waals surface area contributed by atoms with Crippen LogP contribution in [-0.2, 0) is 20.0 Å². The topological polar surface area (TPSA) is 118 Å². The molecule has 0 unspecified atom stereocenters. The summed E-state index contributed by atoms with van der Waals surface area (Å²) in [5, 5.41) is 14.3. The van der Waals surface area contributed by atoms with Crippen molar-refractivity contribution < 1.29 is 4.79 Å². The van der Waals surface area contributed by atoms with Crippen molar-refractivity contribution in [3.63, 3.8) is 0 Å². The Balaban J connectivity index is 1.45. The van der Waals surface area contributed by atoms with Crippen molar-refractivity contribution in [3.8, 4) is 0 Å².